The predicted molar refractivity (Wildman–Crippen MR) is 234 cm³/mol. The first kappa shape index (κ1) is 52.6. The molecule has 320 valence electrons. The highest BCUT2D eigenvalue weighted by atomic mass is 16.5. The third-order valence-electron chi connectivity index (χ3n) is 10.4. The van der Waals surface area contributed by atoms with E-state index in [0.29, 0.717) is 32.2 Å². The van der Waals surface area contributed by atoms with E-state index in [1.807, 2.05) is 0 Å². The molecule has 0 aromatic rings. The van der Waals surface area contributed by atoms with Gasteiger partial charge >= 0.3 is 11.9 Å². The van der Waals surface area contributed by atoms with E-state index in [-0.39, 0.29) is 18.0 Å². The molecule has 2 unspecified atom stereocenters. The smallest absolute Gasteiger partial charge is 0.326 e. The van der Waals surface area contributed by atoms with E-state index in [9.17, 15) is 19.5 Å². The standard InChI is InChI=1S/C48H88N2O5/c1-3-5-7-9-11-13-15-17-18-19-21-23-25-27-32-36-42-47(52)55-44(38-33-29-26-24-22-20-16-14-12-10-8-6-4-2)39-34-30-28-31-35-41-46(51)50-45(48(53)54)40-37-43-49/h13,15,18-19,24,26,44-45H,3-12,14,16-17,20-23,25,27-43,49H2,1-2H3,(H,50,51)(H,53,54)/b15-13-,19-18-,26-24-. The summed E-state index contributed by atoms with van der Waals surface area (Å²) in [5.74, 6) is -1.26. The van der Waals surface area contributed by atoms with Gasteiger partial charge in [0.2, 0.25) is 5.91 Å². The summed E-state index contributed by atoms with van der Waals surface area (Å²) in [5, 5.41) is 11.9. The number of ether oxygens (including phenoxy) is 1. The molecule has 55 heavy (non-hydrogen) atoms. The van der Waals surface area contributed by atoms with Gasteiger partial charge in [0.15, 0.2) is 0 Å². The molecule has 0 saturated carbocycles. The van der Waals surface area contributed by atoms with Crippen LogP contribution in [0.4, 0.5) is 0 Å². The second kappa shape index (κ2) is 42.7. The second-order valence-electron chi connectivity index (χ2n) is 15.8. The molecule has 0 spiro atoms. The lowest BCUT2D eigenvalue weighted by Gasteiger charge is -2.18. The van der Waals surface area contributed by atoms with Crippen LogP contribution in [-0.4, -0.2) is 41.6 Å². The highest BCUT2D eigenvalue weighted by Gasteiger charge is 2.19. The van der Waals surface area contributed by atoms with E-state index in [2.05, 4.69) is 55.6 Å². The second-order valence-corrected chi connectivity index (χ2v) is 15.8. The molecular weight excluding hydrogens is 685 g/mol. The molecule has 0 saturated heterocycles. The number of unbranched alkanes of at least 4 members (excludes halogenated alkanes) is 22. The number of rotatable bonds is 42. The Kier molecular flexibility index (Phi) is 40.9. The molecule has 0 fully saturated rings. The zero-order valence-electron chi connectivity index (χ0n) is 36.0. The lowest BCUT2D eigenvalue weighted by atomic mass is 10.0. The molecule has 0 heterocycles. The van der Waals surface area contributed by atoms with Crippen molar-refractivity contribution in [2.75, 3.05) is 6.54 Å². The Hall–Kier alpha value is -2.41. The van der Waals surface area contributed by atoms with Gasteiger partial charge in [0.05, 0.1) is 0 Å². The fourth-order valence-corrected chi connectivity index (χ4v) is 6.89. The summed E-state index contributed by atoms with van der Waals surface area (Å²) >= 11 is 0. The number of hydrogen-bond acceptors (Lipinski definition) is 5. The average molecular weight is 773 g/mol. The number of carboxylic acid groups (broad SMARTS) is 1. The van der Waals surface area contributed by atoms with Gasteiger partial charge in [-0.2, -0.15) is 0 Å². The first-order valence-corrected chi connectivity index (χ1v) is 23.3. The van der Waals surface area contributed by atoms with E-state index in [1.54, 1.807) is 0 Å². The molecule has 4 N–H and O–H groups in total. The van der Waals surface area contributed by atoms with Gasteiger partial charge in [0, 0.05) is 12.8 Å². The van der Waals surface area contributed by atoms with Gasteiger partial charge in [-0.3, -0.25) is 9.59 Å². The molecule has 0 aliphatic heterocycles. The van der Waals surface area contributed by atoms with Crippen molar-refractivity contribution in [2.24, 2.45) is 5.73 Å². The number of carboxylic acids is 1. The largest absolute Gasteiger partial charge is 0.480 e. The summed E-state index contributed by atoms with van der Waals surface area (Å²) in [5.41, 5.74) is 5.49. The minimum Gasteiger partial charge on any atom is -0.480 e. The van der Waals surface area contributed by atoms with Gasteiger partial charge in [0.25, 0.3) is 0 Å². The fraction of sp³-hybridized carbons (Fsp3) is 0.812. The highest BCUT2D eigenvalue weighted by Crippen LogP contribution is 2.18. The number of esters is 1. The molecule has 0 aromatic carbocycles. The van der Waals surface area contributed by atoms with E-state index < -0.39 is 12.0 Å². The van der Waals surface area contributed by atoms with Crippen molar-refractivity contribution in [2.45, 2.75) is 244 Å². The van der Waals surface area contributed by atoms with Crippen LogP contribution in [0.25, 0.3) is 0 Å². The number of carbonyl (C=O) groups excluding carboxylic acids is 2. The molecular formula is C48H88N2O5. The molecule has 2 atom stereocenters. The SMILES string of the molecule is CCCCCC/C=C\C/C=C\CCCCCCCC(=O)OC(CCC/C=C\CCCCCCCCCC)CCCCCCCC(=O)NC(CCCN)C(=O)O. The number of nitrogens with two attached hydrogens (primary N) is 1. The van der Waals surface area contributed by atoms with E-state index >= 15 is 0 Å². The van der Waals surface area contributed by atoms with Gasteiger partial charge in [0.1, 0.15) is 12.1 Å². The summed E-state index contributed by atoms with van der Waals surface area (Å²) in [7, 11) is 0. The topological polar surface area (TPSA) is 119 Å². The zero-order chi connectivity index (χ0) is 40.3. The van der Waals surface area contributed by atoms with Crippen LogP contribution in [-0.2, 0) is 19.1 Å². The van der Waals surface area contributed by atoms with E-state index in [0.717, 1.165) is 89.9 Å². The first-order valence-electron chi connectivity index (χ1n) is 23.3. The number of allylic oxidation sites excluding steroid dienone is 6. The molecule has 0 radical (unpaired) electrons. The van der Waals surface area contributed by atoms with Crippen LogP contribution in [0.2, 0.25) is 0 Å². The van der Waals surface area contributed by atoms with Crippen molar-refractivity contribution in [1.29, 1.82) is 0 Å². The van der Waals surface area contributed by atoms with Crippen LogP contribution in [0.3, 0.4) is 0 Å². The quantitative estimate of drug-likeness (QED) is 0.0323. The molecule has 7 nitrogen and oxygen atoms in total. The van der Waals surface area contributed by atoms with Crippen LogP contribution in [0.1, 0.15) is 232 Å². The van der Waals surface area contributed by atoms with Gasteiger partial charge < -0.3 is 20.9 Å². The van der Waals surface area contributed by atoms with Gasteiger partial charge in [-0.05, 0) is 109 Å². The monoisotopic (exact) mass is 773 g/mol. The Labute approximate surface area is 339 Å². The van der Waals surface area contributed by atoms with Crippen LogP contribution >= 0.6 is 0 Å². The van der Waals surface area contributed by atoms with Crippen molar-refractivity contribution in [3.63, 3.8) is 0 Å². The average Bonchev–Trinajstić information content (AvgIpc) is 3.17. The zero-order valence-corrected chi connectivity index (χ0v) is 36.0. The summed E-state index contributed by atoms with van der Waals surface area (Å²) in [4.78, 5) is 36.4. The minimum absolute atomic E-state index is 0.0245. The summed E-state index contributed by atoms with van der Waals surface area (Å²) < 4.78 is 6.04. The van der Waals surface area contributed by atoms with Gasteiger partial charge in [-0.1, -0.05) is 153 Å². The minimum atomic E-state index is -1.01. The molecule has 0 rings (SSSR count). The molecule has 0 aliphatic carbocycles. The van der Waals surface area contributed by atoms with Crippen LogP contribution in [0.15, 0.2) is 36.5 Å². The maximum absolute atomic E-state index is 12.8. The van der Waals surface area contributed by atoms with Gasteiger partial charge in [-0.15, -0.1) is 0 Å². The van der Waals surface area contributed by atoms with Crippen LogP contribution in [0.5, 0.6) is 0 Å². The Morgan fingerprint density at radius 2 is 0.964 bits per heavy atom. The third kappa shape index (κ3) is 39.6. The Balaban J connectivity index is 4.37. The fourth-order valence-electron chi connectivity index (χ4n) is 6.89. The Morgan fingerprint density at radius 3 is 1.51 bits per heavy atom. The molecule has 7 heteroatoms. The molecule has 0 bridgehead atoms. The summed E-state index contributed by atoms with van der Waals surface area (Å²) in [6, 6.07) is -0.860. The third-order valence-corrected chi connectivity index (χ3v) is 10.4. The maximum Gasteiger partial charge on any atom is 0.326 e. The summed E-state index contributed by atoms with van der Waals surface area (Å²) in [6.45, 7) is 4.93. The van der Waals surface area contributed by atoms with Crippen LogP contribution in [0, 0.1) is 0 Å². The number of nitrogens with one attached hydrogen (secondary N) is 1. The normalized spacial score (nSPS) is 12.9. The first-order chi connectivity index (χ1) is 26.9. The number of carbonyl (C=O) groups is 3. The molecule has 0 aliphatic rings. The van der Waals surface area contributed by atoms with Crippen LogP contribution < -0.4 is 11.1 Å². The van der Waals surface area contributed by atoms with Crippen molar-refractivity contribution in [1.82, 2.24) is 5.32 Å². The lowest BCUT2D eigenvalue weighted by Crippen LogP contribution is -2.40. The van der Waals surface area contributed by atoms with Crippen molar-refractivity contribution in [3.8, 4) is 0 Å². The maximum atomic E-state index is 12.8. The van der Waals surface area contributed by atoms with E-state index in [1.165, 1.54) is 103 Å². The molecule has 0 aromatic heterocycles. The van der Waals surface area contributed by atoms with Crippen molar-refractivity contribution < 1.29 is 24.2 Å². The Bertz CT molecular complexity index is 962. The predicted octanol–water partition coefficient (Wildman–Crippen LogP) is 13.4. The van der Waals surface area contributed by atoms with Crippen molar-refractivity contribution >= 4 is 17.8 Å². The number of amides is 1. The van der Waals surface area contributed by atoms with Gasteiger partial charge in [-0.25, -0.2) is 4.79 Å². The highest BCUT2D eigenvalue weighted by molar-refractivity contribution is 5.83. The number of aliphatic carboxylic acids is 1. The number of hydrogen-bond donors (Lipinski definition) is 3. The Morgan fingerprint density at radius 1 is 0.527 bits per heavy atom. The van der Waals surface area contributed by atoms with Crippen molar-refractivity contribution in [3.05, 3.63) is 36.5 Å². The van der Waals surface area contributed by atoms with E-state index in [4.69, 9.17) is 10.5 Å². The molecule has 1 amide bonds. The summed E-state index contributed by atoms with van der Waals surface area (Å²) in [6.07, 6.45) is 50.5. The lowest BCUT2D eigenvalue weighted by molar-refractivity contribution is -0.150.